The number of unbranched alkanes of at least 4 members (excludes halogenated alkanes) is 35. The molecule has 6 nitrogen and oxygen atoms in total. The third-order valence-corrected chi connectivity index (χ3v) is 14.6. The van der Waals surface area contributed by atoms with Crippen molar-refractivity contribution >= 4 is 11.9 Å². The molecule has 0 heterocycles. The predicted octanol–water partition coefficient (Wildman–Crippen LogP) is 18.8. The molecule has 0 saturated heterocycles. The predicted molar refractivity (Wildman–Crippen MR) is 294 cm³/mol. The van der Waals surface area contributed by atoms with Crippen molar-refractivity contribution in [1.29, 1.82) is 0 Å². The number of hydrogen-bond acceptors (Lipinski definition) is 6. The summed E-state index contributed by atoms with van der Waals surface area (Å²) in [6.07, 6.45) is 56.6. The monoisotopic (exact) mass is 947 g/mol. The molecule has 67 heavy (non-hydrogen) atoms. The number of esters is 2. The average molecular weight is 948 g/mol. The molecule has 2 atom stereocenters. The van der Waals surface area contributed by atoms with Gasteiger partial charge in [0.1, 0.15) is 0 Å². The van der Waals surface area contributed by atoms with Crippen LogP contribution in [0, 0.1) is 11.8 Å². The molecule has 0 radical (unpaired) electrons. The van der Waals surface area contributed by atoms with Crippen LogP contribution in [0.5, 0.6) is 0 Å². The molecule has 2 unspecified atom stereocenters. The lowest BCUT2D eigenvalue weighted by Crippen LogP contribution is -2.33. The molecule has 0 N–H and O–H groups in total. The Morgan fingerprint density at radius 2 is 0.537 bits per heavy atom. The molecule has 0 aromatic rings. The highest BCUT2D eigenvalue weighted by Crippen LogP contribution is 2.23. The molecule has 6 heteroatoms. The van der Waals surface area contributed by atoms with Crippen molar-refractivity contribution in [2.24, 2.45) is 11.8 Å². The molecule has 0 bridgehead atoms. The second-order valence-electron chi connectivity index (χ2n) is 21.6. The molecule has 0 spiro atoms. The Kier molecular flexibility index (Phi) is 53.3. The highest BCUT2D eigenvalue weighted by atomic mass is 16.5. The summed E-state index contributed by atoms with van der Waals surface area (Å²) in [4.78, 5) is 31.3. The summed E-state index contributed by atoms with van der Waals surface area (Å²) in [6.45, 7) is 15.1. The molecule has 400 valence electrons. The van der Waals surface area contributed by atoms with Crippen molar-refractivity contribution in [3.05, 3.63) is 0 Å². The third kappa shape index (κ3) is 48.3. The standard InChI is InChI=1S/C61H122N2O4/c1-7-11-15-19-23-27-35-43-51-59(49-41-33-22-18-14-10-4)61(65)67-57-47-39-31-25-29-37-45-53-63(55-54-62(5)6)52-44-36-28-24-30-38-46-56-66-60(64)58(48-40-32-21-17-13-9-3)50-42-34-26-20-16-12-8-2/h58-59H,7-57H2,1-6H3. The fourth-order valence-corrected chi connectivity index (χ4v) is 9.88. The largest absolute Gasteiger partial charge is 0.465 e. The number of ether oxygens (including phenoxy) is 2. The first-order valence-corrected chi connectivity index (χ1v) is 30.6. The lowest BCUT2D eigenvalue weighted by atomic mass is 9.94. The van der Waals surface area contributed by atoms with Crippen molar-refractivity contribution in [3.8, 4) is 0 Å². The molecule has 0 amide bonds. The molecule has 0 aliphatic carbocycles. The van der Waals surface area contributed by atoms with E-state index in [-0.39, 0.29) is 23.8 Å². The maximum atomic E-state index is 13.1. The van der Waals surface area contributed by atoms with Gasteiger partial charge in [-0.2, -0.15) is 0 Å². The Bertz CT molecular complexity index is 990. The molecule has 0 saturated carbocycles. The topological polar surface area (TPSA) is 59.1 Å². The number of rotatable bonds is 56. The number of likely N-dealkylation sites (N-methyl/N-ethyl adjacent to an activating group) is 1. The zero-order chi connectivity index (χ0) is 48.9. The summed E-state index contributed by atoms with van der Waals surface area (Å²) >= 11 is 0. The summed E-state index contributed by atoms with van der Waals surface area (Å²) in [7, 11) is 4.39. The summed E-state index contributed by atoms with van der Waals surface area (Å²) < 4.78 is 11.8. The van der Waals surface area contributed by atoms with Crippen molar-refractivity contribution < 1.29 is 19.1 Å². The van der Waals surface area contributed by atoms with E-state index in [1.165, 1.54) is 270 Å². The van der Waals surface area contributed by atoms with Gasteiger partial charge in [0.2, 0.25) is 0 Å². The van der Waals surface area contributed by atoms with Crippen LogP contribution < -0.4 is 0 Å². The second-order valence-corrected chi connectivity index (χ2v) is 21.6. The lowest BCUT2D eigenvalue weighted by Gasteiger charge is -2.24. The van der Waals surface area contributed by atoms with Crippen LogP contribution in [-0.4, -0.2) is 75.2 Å². The van der Waals surface area contributed by atoms with E-state index in [0.717, 1.165) is 45.1 Å². The van der Waals surface area contributed by atoms with Gasteiger partial charge in [-0.3, -0.25) is 9.59 Å². The van der Waals surface area contributed by atoms with E-state index in [4.69, 9.17) is 9.47 Å². The Labute approximate surface area is 421 Å². The molecule has 0 aliphatic heterocycles. The van der Waals surface area contributed by atoms with Crippen LogP contribution in [0.15, 0.2) is 0 Å². The smallest absolute Gasteiger partial charge is 0.308 e. The van der Waals surface area contributed by atoms with Crippen molar-refractivity contribution in [3.63, 3.8) is 0 Å². The van der Waals surface area contributed by atoms with Crippen LogP contribution in [0.4, 0.5) is 0 Å². The minimum atomic E-state index is 0.0931. The lowest BCUT2D eigenvalue weighted by molar-refractivity contribution is -0.150. The Hall–Kier alpha value is -1.14. The summed E-state index contributed by atoms with van der Waals surface area (Å²) in [5.41, 5.74) is 0. The molecule has 0 aliphatic rings. The normalized spacial score (nSPS) is 12.7. The second kappa shape index (κ2) is 54.2. The zero-order valence-corrected chi connectivity index (χ0v) is 46.7. The minimum Gasteiger partial charge on any atom is -0.465 e. The van der Waals surface area contributed by atoms with Gasteiger partial charge in [0, 0.05) is 13.1 Å². The maximum Gasteiger partial charge on any atom is 0.308 e. The van der Waals surface area contributed by atoms with E-state index in [1.807, 2.05) is 0 Å². The van der Waals surface area contributed by atoms with E-state index in [0.29, 0.717) is 13.2 Å². The fraction of sp³-hybridized carbons (Fsp3) is 0.967. The number of carbonyl (C=O) groups is 2. The zero-order valence-electron chi connectivity index (χ0n) is 46.7. The van der Waals surface area contributed by atoms with Crippen LogP contribution in [0.1, 0.15) is 317 Å². The minimum absolute atomic E-state index is 0.0931. The van der Waals surface area contributed by atoms with Crippen LogP contribution in [-0.2, 0) is 19.1 Å². The molecular weight excluding hydrogens is 825 g/mol. The molecular formula is C61H122N2O4. The third-order valence-electron chi connectivity index (χ3n) is 14.6. The van der Waals surface area contributed by atoms with Gasteiger partial charge in [-0.05, 0) is 78.6 Å². The quantitative estimate of drug-likeness (QED) is 0.0447. The first-order valence-electron chi connectivity index (χ1n) is 30.6. The number of carbonyl (C=O) groups excluding carboxylic acids is 2. The molecule has 0 fully saturated rings. The average Bonchev–Trinajstić information content (AvgIpc) is 3.32. The van der Waals surface area contributed by atoms with Gasteiger partial charge in [-0.1, -0.05) is 265 Å². The van der Waals surface area contributed by atoms with E-state index >= 15 is 0 Å². The number of hydrogen-bond donors (Lipinski definition) is 0. The van der Waals surface area contributed by atoms with Crippen molar-refractivity contribution in [2.45, 2.75) is 317 Å². The van der Waals surface area contributed by atoms with Gasteiger partial charge in [0.15, 0.2) is 0 Å². The van der Waals surface area contributed by atoms with Gasteiger partial charge in [-0.15, -0.1) is 0 Å². The van der Waals surface area contributed by atoms with E-state index < -0.39 is 0 Å². The summed E-state index contributed by atoms with van der Waals surface area (Å²) in [6, 6.07) is 0. The first-order chi connectivity index (χ1) is 32.9. The van der Waals surface area contributed by atoms with Crippen molar-refractivity contribution in [2.75, 3.05) is 53.5 Å². The fourth-order valence-electron chi connectivity index (χ4n) is 9.88. The summed E-state index contributed by atoms with van der Waals surface area (Å²) in [5, 5.41) is 0. The van der Waals surface area contributed by atoms with Crippen LogP contribution in [0.3, 0.4) is 0 Å². The van der Waals surface area contributed by atoms with Crippen LogP contribution in [0.2, 0.25) is 0 Å². The van der Waals surface area contributed by atoms with Crippen molar-refractivity contribution in [1.82, 2.24) is 9.80 Å². The van der Waals surface area contributed by atoms with Gasteiger partial charge in [0.25, 0.3) is 0 Å². The highest BCUT2D eigenvalue weighted by Gasteiger charge is 2.20. The van der Waals surface area contributed by atoms with Gasteiger partial charge < -0.3 is 19.3 Å². The summed E-state index contributed by atoms with van der Waals surface area (Å²) in [5.74, 6) is 0.422. The van der Waals surface area contributed by atoms with E-state index in [2.05, 4.69) is 51.6 Å². The van der Waals surface area contributed by atoms with Gasteiger partial charge in [-0.25, -0.2) is 0 Å². The van der Waals surface area contributed by atoms with Gasteiger partial charge in [0.05, 0.1) is 25.0 Å². The van der Waals surface area contributed by atoms with Crippen LogP contribution >= 0.6 is 0 Å². The SMILES string of the molecule is CCCCCCCCCCC(CCCCCCCC)C(=O)OCCCCCCCCCN(CCCCCCCCCOC(=O)C(CCCCCCCC)CCCCCCCCC)CCN(C)C. The van der Waals surface area contributed by atoms with Crippen LogP contribution in [0.25, 0.3) is 0 Å². The van der Waals surface area contributed by atoms with E-state index in [1.54, 1.807) is 0 Å². The Morgan fingerprint density at radius 1 is 0.299 bits per heavy atom. The molecule has 0 aromatic heterocycles. The highest BCUT2D eigenvalue weighted by molar-refractivity contribution is 5.72. The van der Waals surface area contributed by atoms with E-state index in [9.17, 15) is 9.59 Å². The molecule has 0 rings (SSSR count). The number of nitrogens with zero attached hydrogens (tertiary/aromatic N) is 2. The molecule has 0 aromatic carbocycles. The van der Waals surface area contributed by atoms with Gasteiger partial charge >= 0.3 is 11.9 Å². The first kappa shape index (κ1) is 65.9. The Balaban J connectivity index is 4.25. The Morgan fingerprint density at radius 3 is 0.806 bits per heavy atom. The maximum absolute atomic E-state index is 13.1.